The van der Waals surface area contributed by atoms with Crippen molar-refractivity contribution in [3.8, 4) is 0 Å². The van der Waals surface area contributed by atoms with Crippen LogP contribution in [-0.2, 0) is 14.6 Å². The van der Waals surface area contributed by atoms with Gasteiger partial charge in [-0.15, -0.1) is 11.6 Å². The lowest BCUT2D eigenvalue weighted by Gasteiger charge is -2.20. The first-order chi connectivity index (χ1) is 8.38. The summed E-state index contributed by atoms with van der Waals surface area (Å²) < 4.78 is 22.7. The molecule has 0 radical (unpaired) electrons. The number of alkyl halides is 1. The van der Waals surface area contributed by atoms with E-state index in [4.69, 9.17) is 16.7 Å². The number of nitrogens with zero attached hydrogens (tertiary/aromatic N) is 1. The number of likely N-dealkylation sites (N-methyl/N-ethyl adjacent to an activating group) is 1. The van der Waals surface area contributed by atoms with Gasteiger partial charge in [-0.3, -0.25) is 9.69 Å². The fourth-order valence-electron chi connectivity index (χ4n) is 1.88. The van der Waals surface area contributed by atoms with E-state index in [2.05, 4.69) is 5.32 Å². The van der Waals surface area contributed by atoms with E-state index in [1.807, 2.05) is 6.92 Å². The van der Waals surface area contributed by atoms with Crippen molar-refractivity contribution in [2.24, 2.45) is 0 Å². The standard InChI is InChI=1S/C10H19ClN2O4S/c1-2-13(3-4-14)5-10(15)12-9-7-18(16,17)6-8(9)11/h8-9,14H,2-7H2,1H3,(H,12,15). The maximum absolute atomic E-state index is 11.7. The second-order valence-corrected chi connectivity index (χ2v) is 7.07. The average Bonchev–Trinajstić information content (AvgIpc) is 2.51. The zero-order valence-electron chi connectivity index (χ0n) is 10.3. The minimum Gasteiger partial charge on any atom is -0.395 e. The summed E-state index contributed by atoms with van der Waals surface area (Å²) in [6, 6.07) is -0.517. The van der Waals surface area contributed by atoms with E-state index in [0.717, 1.165) is 0 Å². The van der Waals surface area contributed by atoms with Crippen LogP contribution in [0.4, 0.5) is 0 Å². The summed E-state index contributed by atoms with van der Waals surface area (Å²) in [5, 5.41) is 10.9. The zero-order chi connectivity index (χ0) is 13.8. The Morgan fingerprint density at radius 2 is 2.17 bits per heavy atom. The average molecular weight is 299 g/mol. The number of rotatable bonds is 6. The van der Waals surface area contributed by atoms with Crippen LogP contribution in [0.25, 0.3) is 0 Å². The Morgan fingerprint density at radius 3 is 2.61 bits per heavy atom. The van der Waals surface area contributed by atoms with E-state index in [0.29, 0.717) is 13.1 Å². The molecule has 0 aromatic rings. The summed E-state index contributed by atoms with van der Waals surface area (Å²) in [7, 11) is -3.13. The second kappa shape index (κ2) is 6.70. The number of aliphatic hydroxyl groups is 1. The molecule has 1 aliphatic rings. The third-order valence-electron chi connectivity index (χ3n) is 2.86. The Hall–Kier alpha value is -0.370. The van der Waals surface area contributed by atoms with Crippen molar-refractivity contribution in [1.29, 1.82) is 0 Å². The van der Waals surface area contributed by atoms with Crippen molar-refractivity contribution < 1.29 is 18.3 Å². The smallest absolute Gasteiger partial charge is 0.234 e. The molecule has 0 aliphatic carbocycles. The van der Waals surface area contributed by atoms with Crippen LogP contribution < -0.4 is 5.32 Å². The Labute approximate surface area is 112 Å². The van der Waals surface area contributed by atoms with Gasteiger partial charge in [0.1, 0.15) is 0 Å². The number of carbonyl (C=O) groups excluding carboxylic acids is 1. The van der Waals surface area contributed by atoms with Gasteiger partial charge in [0.25, 0.3) is 0 Å². The number of sulfone groups is 1. The molecule has 1 amide bonds. The lowest BCUT2D eigenvalue weighted by molar-refractivity contribution is -0.122. The second-order valence-electron chi connectivity index (χ2n) is 4.36. The van der Waals surface area contributed by atoms with Gasteiger partial charge in [-0.1, -0.05) is 6.92 Å². The molecule has 2 N–H and O–H groups in total. The van der Waals surface area contributed by atoms with Crippen LogP contribution in [0, 0.1) is 0 Å². The van der Waals surface area contributed by atoms with E-state index >= 15 is 0 Å². The predicted molar refractivity (Wildman–Crippen MR) is 69.4 cm³/mol. The molecule has 8 heteroatoms. The SMILES string of the molecule is CCN(CCO)CC(=O)NC1CS(=O)(=O)CC1Cl. The largest absolute Gasteiger partial charge is 0.395 e. The monoisotopic (exact) mass is 298 g/mol. The van der Waals surface area contributed by atoms with Crippen LogP contribution in [0.5, 0.6) is 0 Å². The molecule has 106 valence electrons. The number of nitrogens with one attached hydrogen (secondary N) is 1. The molecule has 6 nitrogen and oxygen atoms in total. The first-order valence-electron chi connectivity index (χ1n) is 5.85. The molecule has 0 aromatic heterocycles. The molecule has 0 saturated carbocycles. The van der Waals surface area contributed by atoms with Gasteiger partial charge in [0.05, 0.1) is 36.1 Å². The van der Waals surface area contributed by atoms with Crippen LogP contribution in [0.2, 0.25) is 0 Å². The maximum atomic E-state index is 11.7. The Kier molecular flexibility index (Phi) is 5.84. The molecule has 1 aliphatic heterocycles. The van der Waals surface area contributed by atoms with Crippen LogP contribution in [0.3, 0.4) is 0 Å². The normalized spacial score (nSPS) is 26.4. The van der Waals surface area contributed by atoms with Gasteiger partial charge in [0, 0.05) is 6.54 Å². The van der Waals surface area contributed by atoms with Crippen molar-refractivity contribution in [3.63, 3.8) is 0 Å². The van der Waals surface area contributed by atoms with Gasteiger partial charge >= 0.3 is 0 Å². The molecule has 1 heterocycles. The molecule has 2 atom stereocenters. The highest BCUT2D eigenvalue weighted by atomic mass is 35.5. The molecule has 0 aromatic carbocycles. The summed E-state index contributed by atoms with van der Waals surface area (Å²) in [5.74, 6) is -0.454. The number of carbonyl (C=O) groups is 1. The van der Waals surface area contributed by atoms with Gasteiger partial charge in [-0.2, -0.15) is 0 Å². The molecule has 0 bridgehead atoms. The fourth-order valence-corrected chi connectivity index (χ4v) is 4.43. The molecule has 1 saturated heterocycles. The first kappa shape index (κ1) is 15.7. The quantitative estimate of drug-likeness (QED) is 0.603. The van der Waals surface area contributed by atoms with E-state index in [9.17, 15) is 13.2 Å². The number of aliphatic hydroxyl groups excluding tert-OH is 1. The van der Waals surface area contributed by atoms with Crippen molar-refractivity contribution in [3.05, 3.63) is 0 Å². The molecule has 1 fully saturated rings. The molecule has 0 spiro atoms. The number of amides is 1. The lowest BCUT2D eigenvalue weighted by atomic mass is 10.2. The van der Waals surface area contributed by atoms with Crippen molar-refractivity contribution in [2.75, 3.05) is 37.7 Å². The van der Waals surface area contributed by atoms with Crippen molar-refractivity contribution in [2.45, 2.75) is 18.3 Å². The minimum absolute atomic E-state index is 0.0168. The number of hydrogen-bond acceptors (Lipinski definition) is 5. The molecular weight excluding hydrogens is 280 g/mol. The van der Waals surface area contributed by atoms with Gasteiger partial charge in [-0.05, 0) is 6.54 Å². The summed E-state index contributed by atoms with van der Waals surface area (Å²) in [5.41, 5.74) is 0. The van der Waals surface area contributed by atoms with E-state index in [1.54, 1.807) is 4.90 Å². The van der Waals surface area contributed by atoms with Crippen LogP contribution in [0.15, 0.2) is 0 Å². The Balaban J connectivity index is 2.45. The van der Waals surface area contributed by atoms with Crippen molar-refractivity contribution >= 4 is 27.3 Å². The predicted octanol–water partition coefficient (Wildman–Crippen LogP) is -1.18. The van der Waals surface area contributed by atoms with Gasteiger partial charge in [0.15, 0.2) is 9.84 Å². The van der Waals surface area contributed by atoms with E-state index in [-0.39, 0.29) is 30.6 Å². The van der Waals surface area contributed by atoms with E-state index in [1.165, 1.54) is 0 Å². The van der Waals surface area contributed by atoms with Gasteiger partial charge < -0.3 is 10.4 Å². The van der Waals surface area contributed by atoms with Gasteiger partial charge in [0.2, 0.25) is 5.91 Å². The fraction of sp³-hybridized carbons (Fsp3) is 0.900. The third-order valence-corrected chi connectivity index (χ3v) is 5.24. The highest BCUT2D eigenvalue weighted by Crippen LogP contribution is 2.17. The summed E-state index contributed by atoms with van der Waals surface area (Å²) in [4.78, 5) is 13.5. The Bertz CT molecular complexity index is 387. The minimum atomic E-state index is -3.13. The molecule has 18 heavy (non-hydrogen) atoms. The molecular formula is C10H19ClN2O4S. The lowest BCUT2D eigenvalue weighted by Crippen LogP contribution is -2.46. The molecule has 2 unspecified atom stereocenters. The Morgan fingerprint density at radius 1 is 1.50 bits per heavy atom. The van der Waals surface area contributed by atoms with Crippen LogP contribution in [-0.4, -0.2) is 73.5 Å². The van der Waals surface area contributed by atoms with Crippen LogP contribution in [0.1, 0.15) is 6.92 Å². The number of halogens is 1. The third kappa shape index (κ3) is 4.72. The van der Waals surface area contributed by atoms with Crippen LogP contribution >= 0.6 is 11.6 Å². The van der Waals surface area contributed by atoms with Gasteiger partial charge in [-0.25, -0.2) is 8.42 Å². The number of hydrogen-bond donors (Lipinski definition) is 2. The highest BCUT2D eigenvalue weighted by molar-refractivity contribution is 7.91. The molecule has 1 rings (SSSR count). The summed E-state index contributed by atoms with van der Waals surface area (Å²) in [6.45, 7) is 3.06. The van der Waals surface area contributed by atoms with E-state index < -0.39 is 21.3 Å². The zero-order valence-corrected chi connectivity index (χ0v) is 11.9. The summed E-state index contributed by atoms with van der Waals surface area (Å²) >= 11 is 5.89. The summed E-state index contributed by atoms with van der Waals surface area (Å²) in [6.07, 6.45) is 0. The topological polar surface area (TPSA) is 86.7 Å². The highest BCUT2D eigenvalue weighted by Gasteiger charge is 2.37. The first-order valence-corrected chi connectivity index (χ1v) is 8.10. The maximum Gasteiger partial charge on any atom is 0.234 e. The van der Waals surface area contributed by atoms with Crippen molar-refractivity contribution in [1.82, 2.24) is 10.2 Å².